The number of halogens is 1. The third-order valence-electron chi connectivity index (χ3n) is 3.77. The Morgan fingerprint density at radius 3 is 2.95 bits per heavy atom. The SMILES string of the molecule is CNCc1cncc(-c2ccc3c(c2Cl)CC(=O)N3C)c1. The van der Waals surface area contributed by atoms with Gasteiger partial charge in [-0.05, 0) is 24.7 Å². The highest BCUT2D eigenvalue weighted by atomic mass is 35.5. The first-order chi connectivity index (χ1) is 10.1. The van der Waals surface area contributed by atoms with Crippen molar-refractivity contribution in [2.24, 2.45) is 0 Å². The summed E-state index contributed by atoms with van der Waals surface area (Å²) in [7, 11) is 3.68. The number of rotatable bonds is 3. The van der Waals surface area contributed by atoms with Crippen LogP contribution in [0.1, 0.15) is 11.1 Å². The van der Waals surface area contributed by atoms with Gasteiger partial charge in [0.1, 0.15) is 0 Å². The lowest BCUT2D eigenvalue weighted by Gasteiger charge is -2.13. The molecule has 0 spiro atoms. The summed E-state index contributed by atoms with van der Waals surface area (Å²) in [6, 6.07) is 5.97. The molecule has 5 heteroatoms. The molecule has 21 heavy (non-hydrogen) atoms. The van der Waals surface area contributed by atoms with Crippen molar-refractivity contribution in [2.45, 2.75) is 13.0 Å². The molecule has 1 aromatic carbocycles. The number of pyridine rings is 1. The summed E-state index contributed by atoms with van der Waals surface area (Å²) in [6.45, 7) is 0.755. The highest BCUT2D eigenvalue weighted by molar-refractivity contribution is 6.35. The van der Waals surface area contributed by atoms with Gasteiger partial charge in [-0.15, -0.1) is 0 Å². The van der Waals surface area contributed by atoms with E-state index in [1.165, 1.54) is 0 Å². The Morgan fingerprint density at radius 2 is 2.19 bits per heavy atom. The lowest BCUT2D eigenvalue weighted by Crippen LogP contribution is -2.20. The van der Waals surface area contributed by atoms with Crippen molar-refractivity contribution < 1.29 is 4.79 Å². The number of nitrogens with one attached hydrogen (secondary N) is 1. The zero-order valence-corrected chi connectivity index (χ0v) is 12.7. The number of carbonyl (C=O) groups excluding carboxylic acids is 1. The Hall–Kier alpha value is -1.91. The van der Waals surface area contributed by atoms with Crippen LogP contribution < -0.4 is 10.2 Å². The maximum Gasteiger partial charge on any atom is 0.231 e. The number of likely N-dealkylation sites (N-methyl/N-ethyl adjacent to an activating group) is 1. The summed E-state index contributed by atoms with van der Waals surface area (Å²) in [5, 5.41) is 3.75. The number of fused-ring (bicyclic) bond motifs is 1. The average molecular weight is 302 g/mol. The fraction of sp³-hybridized carbons (Fsp3) is 0.250. The first-order valence-corrected chi connectivity index (χ1v) is 7.16. The molecule has 4 nitrogen and oxygen atoms in total. The van der Waals surface area contributed by atoms with E-state index in [0.29, 0.717) is 11.4 Å². The van der Waals surface area contributed by atoms with Gasteiger partial charge in [0.05, 0.1) is 11.4 Å². The topological polar surface area (TPSA) is 45.2 Å². The van der Waals surface area contributed by atoms with Crippen LogP contribution in [0.4, 0.5) is 5.69 Å². The first-order valence-electron chi connectivity index (χ1n) is 6.78. The van der Waals surface area contributed by atoms with Crippen LogP contribution in [0, 0.1) is 0 Å². The molecule has 1 N–H and O–H groups in total. The third-order valence-corrected chi connectivity index (χ3v) is 4.20. The molecule has 2 aromatic rings. The standard InChI is InChI=1S/C16H16ClN3O/c1-18-7-10-5-11(9-19-8-10)12-3-4-14-13(16(12)17)6-15(21)20(14)2/h3-5,8-9,18H,6-7H2,1-2H3. The van der Waals surface area contributed by atoms with Crippen molar-refractivity contribution in [3.05, 3.63) is 46.7 Å². The van der Waals surface area contributed by atoms with Crippen LogP contribution >= 0.6 is 11.6 Å². The number of hydrogen-bond acceptors (Lipinski definition) is 3. The Balaban J connectivity index is 2.07. The molecule has 1 aromatic heterocycles. The van der Waals surface area contributed by atoms with E-state index in [9.17, 15) is 4.79 Å². The molecule has 2 heterocycles. The number of hydrogen-bond donors (Lipinski definition) is 1. The summed E-state index contributed by atoms with van der Waals surface area (Å²) >= 11 is 6.53. The van der Waals surface area contributed by atoms with Crippen LogP contribution in [-0.2, 0) is 17.8 Å². The molecule has 3 rings (SSSR count). The summed E-state index contributed by atoms with van der Waals surface area (Å²) in [5.74, 6) is 0.0751. The van der Waals surface area contributed by atoms with E-state index in [1.807, 2.05) is 25.4 Å². The predicted octanol–water partition coefficient (Wildman–Crippen LogP) is 2.64. The Bertz CT molecular complexity index is 715. The van der Waals surface area contributed by atoms with Crippen LogP contribution in [-0.4, -0.2) is 25.0 Å². The van der Waals surface area contributed by atoms with E-state index in [1.54, 1.807) is 18.1 Å². The van der Waals surface area contributed by atoms with Crippen LogP contribution in [0.25, 0.3) is 11.1 Å². The summed E-state index contributed by atoms with van der Waals surface area (Å²) < 4.78 is 0. The van der Waals surface area contributed by atoms with Gasteiger partial charge in [-0.1, -0.05) is 17.7 Å². The molecule has 0 unspecified atom stereocenters. The van der Waals surface area contributed by atoms with Gasteiger partial charge in [0.25, 0.3) is 0 Å². The molecule has 0 saturated carbocycles. The first kappa shape index (κ1) is 14.0. The van der Waals surface area contributed by atoms with Crippen molar-refractivity contribution in [1.82, 2.24) is 10.3 Å². The van der Waals surface area contributed by atoms with Crippen LogP contribution in [0.5, 0.6) is 0 Å². The minimum Gasteiger partial charge on any atom is -0.316 e. The van der Waals surface area contributed by atoms with E-state index in [4.69, 9.17) is 11.6 Å². The molecular weight excluding hydrogens is 286 g/mol. The lowest BCUT2D eigenvalue weighted by atomic mass is 10.0. The number of nitrogens with zero attached hydrogens (tertiary/aromatic N) is 2. The smallest absolute Gasteiger partial charge is 0.231 e. The number of benzene rings is 1. The number of amides is 1. The van der Waals surface area contributed by atoms with Crippen molar-refractivity contribution >= 4 is 23.2 Å². The number of aromatic nitrogens is 1. The average Bonchev–Trinajstić information content (AvgIpc) is 2.77. The molecule has 0 aliphatic carbocycles. The largest absolute Gasteiger partial charge is 0.316 e. The second-order valence-electron chi connectivity index (χ2n) is 5.17. The van der Waals surface area contributed by atoms with Crippen LogP contribution in [0.15, 0.2) is 30.6 Å². The maximum absolute atomic E-state index is 11.8. The van der Waals surface area contributed by atoms with Crippen LogP contribution in [0.2, 0.25) is 5.02 Å². The maximum atomic E-state index is 11.8. The quantitative estimate of drug-likeness (QED) is 0.948. The Morgan fingerprint density at radius 1 is 1.38 bits per heavy atom. The summed E-state index contributed by atoms with van der Waals surface area (Å²) in [4.78, 5) is 17.7. The minimum atomic E-state index is 0.0751. The van der Waals surface area contributed by atoms with Crippen molar-refractivity contribution in [1.29, 1.82) is 0 Å². The van der Waals surface area contributed by atoms with Gasteiger partial charge in [-0.25, -0.2) is 0 Å². The zero-order chi connectivity index (χ0) is 15.0. The fourth-order valence-corrected chi connectivity index (χ4v) is 2.99. The number of carbonyl (C=O) groups is 1. The van der Waals surface area contributed by atoms with Gasteiger partial charge in [-0.2, -0.15) is 0 Å². The monoisotopic (exact) mass is 301 g/mol. The normalized spacial score (nSPS) is 13.7. The minimum absolute atomic E-state index is 0.0751. The van der Waals surface area contributed by atoms with Gasteiger partial charge >= 0.3 is 0 Å². The fourth-order valence-electron chi connectivity index (χ4n) is 2.66. The molecule has 1 aliphatic rings. The molecule has 0 fully saturated rings. The molecule has 0 saturated heterocycles. The Labute approximate surface area is 128 Å². The molecule has 108 valence electrons. The van der Waals surface area contributed by atoms with E-state index in [-0.39, 0.29) is 5.91 Å². The molecule has 0 atom stereocenters. The van der Waals surface area contributed by atoms with Crippen molar-refractivity contribution in [2.75, 3.05) is 19.0 Å². The van der Waals surface area contributed by atoms with Gasteiger partial charge < -0.3 is 10.2 Å². The summed E-state index contributed by atoms with van der Waals surface area (Å²) in [6.07, 6.45) is 3.99. The molecule has 0 radical (unpaired) electrons. The molecular formula is C16H16ClN3O. The van der Waals surface area contributed by atoms with Gasteiger partial charge in [-0.3, -0.25) is 9.78 Å². The zero-order valence-electron chi connectivity index (χ0n) is 12.0. The second kappa shape index (κ2) is 5.47. The third kappa shape index (κ3) is 2.41. The van der Waals surface area contributed by atoms with E-state index < -0.39 is 0 Å². The van der Waals surface area contributed by atoms with Gasteiger partial charge in [0.15, 0.2) is 0 Å². The van der Waals surface area contributed by atoms with Crippen molar-refractivity contribution in [3.8, 4) is 11.1 Å². The van der Waals surface area contributed by atoms with E-state index >= 15 is 0 Å². The highest BCUT2D eigenvalue weighted by Gasteiger charge is 2.27. The van der Waals surface area contributed by atoms with Gasteiger partial charge in [0, 0.05) is 48.4 Å². The highest BCUT2D eigenvalue weighted by Crippen LogP contribution is 2.39. The second-order valence-corrected chi connectivity index (χ2v) is 5.54. The molecule has 1 amide bonds. The van der Waals surface area contributed by atoms with E-state index in [2.05, 4.69) is 16.4 Å². The van der Waals surface area contributed by atoms with Gasteiger partial charge in [0.2, 0.25) is 5.91 Å². The van der Waals surface area contributed by atoms with E-state index in [0.717, 1.165) is 34.5 Å². The molecule has 1 aliphatic heterocycles. The van der Waals surface area contributed by atoms with Crippen LogP contribution in [0.3, 0.4) is 0 Å². The lowest BCUT2D eigenvalue weighted by molar-refractivity contribution is -0.117. The summed E-state index contributed by atoms with van der Waals surface area (Å²) in [5.41, 5.74) is 4.79. The Kier molecular flexibility index (Phi) is 3.66. The predicted molar refractivity (Wildman–Crippen MR) is 84.6 cm³/mol. The van der Waals surface area contributed by atoms with Crippen molar-refractivity contribution in [3.63, 3.8) is 0 Å². The molecule has 0 bridgehead atoms. The number of anilines is 1.